The number of aromatic nitrogens is 3. The first-order valence-corrected chi connectivity index (χ1v) is 9.94. The second-order valence-electron chi connectivity index (χ2n) is 7.75. The molecule has 29 heavy (non-hydrogen) atoms. The highest BCUT2D eigenvalue weighted by Gasteiger charge is 2.25. The lowest BCUT2D eigenvalue weighted by molar-refractivity contribution is -0.133. The number of methoxy groups -OCH3 is 1. The van der Waals surface area contributed by atoms with E-state index >= 15 is 0 Å². The van der Waals surface area contributed by atoms with Gasteiger partial charge in [0.05, 0.1) is 12.8 Å². The predicted octanol–water partition coefficient (Wildman–Crippen LogP) is 2.76. The van der Waals surface area contributed by atoms with Crippen molar-refractivity contribution in [2.24, 2.45) is 0 Å². The van der Waals surface area contributed by atoms with Crippen LogP contribution in [0.25, 0.3) is 10.8 Å². The van der Waals surface area contributed by atoms with Crippen LogP contribution < -0.4 is 10.3 Å². The fourth-order valence-corrected chi connectivity index (χ4v) is 4.12. The van der Waals surface area contributed by atoms with Crippen molar-refractivity contribution in [2.45, 2.75) is 39.2 Å². The summed E-state index contributed by atoms with van der Waals surface area (Å²) < 4.78 is 7.04. The number of carbonyl (C=O) groups excluding carboxylic acids is 1. The van der Waals surface area contributed by atoms with Crippen molar-refractivity contribution < 1.29 is 9.53 Å². The first-order valence-electron chi connectivity index (χ1n) is 9.94. The maximum absolute atomic E-state index is 12.7. The smallest absolute Gasteiger partial charge is 0.256 e. The zero-order valence-electron chi connectivity index (χ0n) is 17.1. The van der Waals surface area contributed by atoms with Gasteiger partial charge in [-0.15, -0.1) is 0 Å². The molecule has 1 amide bonds. The number of likely N-dealkylation sites (tertiary alicyclic amines) is 1. The standard InChI is InChI=1S/C22H26N4O3/c1-14-10-15(2)26(24-14)13-21(27)25-8-6-16(7-9-25)20-12-17-11-18(29-3)4-5-19(17)22(28)23-20/h4-5,10-12,16H,6-9,13H2,1-3H3,(H,23,28). The largest absolute Gasteiger partial charge is 0.497 e. The fraction of sp³-hybridized carbons (Fsp3) is 0.409. The number of amides is 1. The highest BCUT2D eigenvalue weighted by molar-refractivity contribution is 5.83. The summed E-state index contributed by atoms with van der Waals surface area (Å²) in [4.78, 5) is 30.1. The van der Waals surface area contributed by atoms with Crippen LogP contribution in [0, 0.1) is 13.8 Å². The van der Waals surface area contributed by atoms with E-state index in [4.69, 9.17) is 4.74 Å². The van der Waals surface area contributed by atoms with E-state index in [1.54, 1.807) is 23.9 Å². The second-order valence-corrected chi connectivity index (χ2v) is 7.75. The molecule has 0 unspecified atom stereocenters. The maximum atomic E-state index is 12.7. The number of H-pyrrole nitrogens is 1. The minimum Gasteiger partial charge on any atom is -0.497 e. The van der Waals surface area contributed by atoms with Gasteiger partial charge in [0, 0.05) is 35.8 Å². The van der Waals surface area contributed by atoms with Crippen molar-refractivity contribution in [3.63, 3.8) is 0 Å². The molecule has 1 fully saturated rings. The third-order valence-electron chi connectivity index (χ3n) is 5.75. The molecule has 0 saturated carbocycles. The first kappa shape index (κ1) is 19.2. The van der Waals surface area contributed by atoms with Crippen molar-refractivity contribution in [3.05, 3.63) is 57.8 Å². The van der Waals surface area contributed by atoms with Gasteiger partial charge in [-0.2, -0.15) is 5.10 Å². The first-order chi connectivity index (χ1) is 13.9. The lowest BCUT2D eigenvalue weighted by Crippen LogP contribution is -2.40. The Balaban J connectivity index is 1.46. The number of fused-ring (bicyclic) bond motifs is 1. The van der Waals surface area contributed by atoms with Gasteiger partial charge in [-0.25, -0.2) is 0 Å². The van der Waals surface area contributed by atoms with Crippen LogP contribution >= 0.6 is 0 Å². The van der Waals surface area contributed by atoms with Crippen LogP contribution in [0.15, 0.2) is 35.1 Å². The number of benzene rings is 1. The molecule has 1 saturated heterocycles. The minimum atomic E-state index is -0.0804. The molecule has 0 radical (unpaired) electrons. The summed E-state index contributed by atoms with van der Waals surface area (Å²) in [5, 5.41) is 5.92. The number of hydrogen-bond donors (Lipinski definition) is 1. The van der Waals surface area contributed by atoms with E-state index in [9.17, 15) is 9.59 Å². The van der Waals surface area contributed by atoms with E-state index in [1.165, 1.54) is 0 Å². The molecule has 0 bridgehead atoms. The lowest BCUT2D eigenvalue weighted by atomic mass is 9.92. The average molecular weight is 394 g/mol. The van der Waals surface area contributed by atoms with Gasteiger partial charge in [0.1, 0.15) is 12.3 Å². The lowest BCUT2D eigenvalue weighted by Gasteiger charge is -2.32. The van der Waals surface area contributed by atoms with E-state index in [2.05, 4.69) is 10.1 Å². The Morgan fingerprint density at radius 2 is 1.97 bits per heavy atom. The van der Waals surface area contributed by atoms with Crippen molar-refractivity contribution in [1.29, 1.82) is 0 Å². The zero-order chi connectivity index (χ0) is 20.5. The van der Waals surface area contributed by atoms with Crippen LogP contribution in [0.3, 0.4) is 0 Å². The Morgan fingerprint density at radius 1 is 1.21 bits per heavy atom. The number of nitrogens with zero attached hydrogens (tertiary/aromatic N) is 3. The second kappa shape index (κ2) is 7.73. The SMILES string of the molecule is COc1ccc2c(=O)[nH]c(C3CCN(C(=O)Cn4nc(C)cc4C)CC3)cc2c1. The van der Waals surface area contributed by atoms with E-state index < -0.39 is 0 Å². The van der Waals surface area contributed by atoms with E-state index in [0.29, 0.717) is 18.5 Å². The molecule has 0 atom stereocenters. The van der Waals surface area contributed by atoms with Crippen LogP contribution in [-0.4, -0.2) is 45.8 Å². The molecule has 0 spiro atoms. The van der Waals surface area contributed by atoms with Gasteiger partial charge >= 0.3 is 0 Å². The topological polar surface area (TPSA) is 80.2 Å². The average Bonchev–Trinajstić information content (AvgIpc) is 3.04. The summed E-state index contributed by atoms with van der Waals surface area (Å²) in [5.41, 5.74) is 2.77. The molecular weight excluding hydrogens is 368 g/mol. The van der Waals surface area contributed by atoms with Gasteiger partial charge in [-0.3, -0.25) is 14.3 Å². The van der Waals surface area contributed by atoms with Crippen molar-refractivity contribution in [3.8, 4) is 5.75 Å². The molecule has 7 heteroatoms. The summed E-state index contributed by atoms with van der Waals surface area (Å²) in [5.74, 6) is 1.06. The highest BCUT2D eigenvalue weighted by atomic mass is 16.5. The molecule has 3 heterocycles. The van der Waals surface area contributed by atoms with E-state index in [-0.39, 0.29) is 23.9 Å². The summed E-state index contributed by atoms with van der Waals surface area (Å²) >= 11 is 0. The van der Waals surface area contributed by atoms with E-state index in [0.717, 1.165) is 41.1 Å². The molecule has 4 rings (SSSR count). The monoisotopic (exact) mass is 394 g/mol. The van der Waals surface area contributed by atoms with Crippen LogP contribution in [0.4, 0.5) is 0 Å². The van der Waals surface area contributed by atoms with Crippen molar-refractivity contribution >= 4 is 16.7 Å². The molecule has 7 nitrogen and oxygen atoms in total. The number of ether oxygens (including phenoxy) is 1. The van der Waals surface area contributed by atoms with Crippen molar-refractivity contribution in [2.75, 3.05) is 20.2 Å². The molecule has 3 aromatic rings. The van der Waals surface area contributed by atoms with E-state index in [1.807, 2.05) is 36.9 Å². The minimum absolute atomic E-state index is 0.0804. The Hall–Kier alpha value is -3.09. The fourth-order valence-electron chi connectivity index (χ4n) is 4.12. The highest BCUT2D eigenvalue weighted by Crippen LogP contribution is 2.28. The molecule has 1 aromatic carbocycles. The Labute approximate surface area is 169 Å². The van der Waals surface area contributed by atoms with Crippen LogP contribution in [0.5, 0.6) is 5.75 Å². The molecule has 0 aliphatic carbocycles. The maximum Gasteiger partial charge on any atom is 0.256 e. The molecular formula is C22H26N4O3. The number of nitrogens with one attached hydrogen (secondary N) is 1. The van der Waals surface area contributed by atoms with Gasteiger partial charge in [0.2, 0.25) is 5.91 Å². The molecule has 152 valence electrons. The van der Waals surface area contributed by atoms with Gasteiger partial charge < -0.3 is 14.6 Å². The summed E-state index contributed by atoms with van der Waals surface area (Å²) in [7, 11) is 1.62. The number of piperidine rings is 1. The summed E-state index contributed by atoms with van der Waals surface area (Å²) in [6, 6.07) is 9.49. The molecule has 1 aliphatic heterocycles. The number of rotatable bonds is 4. The van der Waals surface area contributed by atoms with Gasteiger partial charge in [-0.05, 0) is 62.4 Å². The quantitative estimate of drug-likeness (QED) is 0.738. The van der Waals surface area contributed by atoms with Crippen LogP contribution in [0.1, 0.15) is 35.8 Å². The number of hydrogen-bond acceptors (Lipinski definition) is 4. The van der Waals surface area contributed by atoms with Crippen LogP contribution in [0.2, 0.25) is 0 Å². The third-order valence-corrected chi connectivity index (χ3v) is 5.75. The predicted molar refractivity (Wildman–Crippen MR) is 111 cm³/mol. The number of pyridine rings is 1. The number of aryl methyl sites for hydroxylation is 2. The Bertz CT molecular complexity index is 1110. The van der Waals surface area contributed by atoms with Gasteiger partial charge in [-0.1, -0.05) is 0 Å². The van der Waals surface area contributed by atoms with Gasteiger partial charge in [0.25, 0.3) is 5.56 Å². The number of carbonyl (C=O) groups is 1. The summed E-state index contributed by atoms with van der Waals surface area (Å²) in [6.45, 7) is 5.53. The molecule has 1 N–H and O–H groups in total. The third kappa shape index (κ3) is 3.90. The van der Waals surface area contributed by atoms with Gasteiger partial charge in [0.15, 0.2) is 0 Å². The molecule has 1 aliphatic rings. The Kier molecular flexibility index (Phi) is 5.13. The van der Waals surface area contributed by atoms with Crippen LogP contribution in [-0.2, 0) is 11.3 Å². The zero-order valence-corrected chi connectivity index (χ0v) is 17.1. The summed E-state index contributed by atoms with van der Waals surface area (Å²) in [6.07, 6.45) is 1.66. The Morgan fingerprint density at radius 3 is 2.62 bits per heavy atom. The molecule has 2 aromatic heterocycles. The van der Waals surface area contributed by atoms with Crippen molar-refractivity contribution in [1.82, 2.24) is 19.7 Å². The normalized spacial score (nSPS) is 15.1. The number of aromatic amines is 1.